The average molecular weight is 511 g/mol. The van der Waals surface area contributed by atoms with Crippen molar-refractivity contribution in [3.63, 3.8) is 0 Å². The highest BCUT2D eigenvalue weighted by atomic mass is 16.3. The number of likely N-dealkylation sites (tertiary alicyclic amines) is 2. The third-order valence-corrected chi connectivity index (χ3v) is 7.91. The van der Waals surface area contributed by atoms with Gasteiger partial charge in [-0.15, -0.1) is 0 Å². The Morgan fingerprint density at radius 2 is 1.92 bits per heavy atom. The molecule has 200 valence electrons. The fourth-order valence-electron chi connectivity index (χ4n) is 6.07. The van der Waals surface area contributed by atoms with Crippen LogP contribution in [0.3, 0.4) is 0 Å². The van der Waals surface area contributed by atoms with Crippen LogP contribution in [-0.4, -0.2) is 79.2 Å². The summed E-state index contributed by atoms with van der Waals surface area (Å²) >= 11 is 0. The number of amides is 2. The number of aryl methyl sites for hydroxylation is 1. The van der Waals surface area contributed by atoms with Crippen molar-refractivity contribution in [2.24, 2.45) is 5.92 Å². The minimum atomic E-state index is -0.582. The molecule has 1 aliphatic carbocycles. The van der Waals surface area contributed by atoms with Gasteiger partial charge in [0.2, 0.25) is 11.8 Å². The van der Waals surface area contributed by atoms with Gasteiger partial charge in [-0.1, -0.05) is 13.8 Å². The molecule has 2 aliphatic heterocycles. The summed E-state index contributed by atoms with van der Waals surface area (Å²) in [5.41, 5.74) is 0.561. The third-order valence-electron chi connectivity index (χ3n) is 7.91. The number of fused-ring (bicyclic) bond motifs is 1. The first-order valence-electron chi connectivity index (χ1n) is 13.5. The van der Waals surface area contributed by atoms with Crippen LogP contribution in [0.2, 0.25) is 0 Å². The monoisotopic (exact) mass is 510 g/mol. The zero-order valence-electron chi connectivity index (χ0n) is 22.3. The molecule has 1 unspecified atom stereocenters. The molecule has 0 aromatic carbocycles. The summed E-state index contributed by atoms with van der Waals surface area (Å²) < 4.78 is 2.77. The number of likely N-dealkylation sites (N-methyl/N-ethyl adjacent to an activating group) is 1. The summed E-state index contributed by atoms with van der Waals surface area (Å²) in [6, 6.07) is 0.0437. The molecule has 5 rings (SSSR count). The zero-order valence-corrected chi connectivity index (χ0v) is 22.3. The van der Waals surface area contributed by atoms with Crippen LogP contribution in [0.15, 0.2) is 10.9 Å². The van der Waals surface area contributed by atoms with E-state index in [1.165, 1.54) is 9.08 Å². The number of rotatable bonds is 6. The Balaban J connectivity index is 1.54. The van der Waals surface area contributed by atoms with Gasteiger partial charge >= 0.3 is 0 Å². The fourth-order valence-corrected chi connectivity index (χ4v) is 6.07. The standard InChI is InChI=1S/C27H38N6O4/c1-17(2)15-31-24-20(9-10-21(34)32-14-6-12-27(32)11-5-13-30(4)16-27)18(3)29-33(24)26(37)22(25(31)36)23(35)28-19-7-8-19/h9-10,17,19,37H,5-8,11-16H2,1-4H3,(H,28,35). The quantitative estimate of drug-likeness (QED) is 0.576. The molecule has 1 atom stereocenters. The van der Waals surface area contributed by atoms with Crippen LogP contribution in [-0.2, 0) is 11.3 Å². The zero-order chi connectivity index (χ0) is 26.5. The first-order chi connectivity index (χ1) is 17.6. The van der Waals surface area contributed by atoms with E-state index >= 15 is 0 Å². The number of carbonyl (C=O) groups is 2. The average Bonchev–Trinajstić information content (AvgIpc) is 3.46. The number of nitrogens with zero attached hydrogens (tertiary/aromatic N) is 5. The van der Waals surface area contributed by atoms with Gasteiger partial charge in [-0.25, -0.2) is 0 Å². The minimum absolute atomic E-state index is 0.0437. The highest BCUT2D eigenvalue weighted by molar-refractivity contribution is 5.97. The number of hydrogen-bond acceptors (Lipinski definition) is 6. The summed E-state index contributed by atoms with van der Waals surface area (Å²) in [5.74, 6) is -1.00. The van der Waals surface area contributed by atoms with Crippen molar-refractivity contribution >= 4 is 23.5 Å². The molecule has 3 aliphatic rings. The molecule has 2 amide bonds. The molecule has 4 heterocycles. The predicted octanol–water partition coefficient (Wildman–Crippen LogP) is 2.16. The molecule has 3 fully saturated rings. The van der Waals surface area contributed by atoms with E-state index in [1.54, 1.807) is 19.1 Å². The number of aromatic nitrogens is 3. The topological polar surface area (TPSA) is 112 Å². The minimum Gasteiger partial charge on any atom is -0.492 e. The predicted molar refractivity (Wildman–Crippen MR) is 141 cm³/mol. The molecule has 37 heavy (non-hydrogen) atoms. The second-order valence-corrected chi connectivity index (χ2v) is 11.5. The molecule has 0 radical (unpaired) electrons. The van der Waals surface area contributed by atoms with Crippen LogP contribution in [0.1, 0.15) is 74.0 Å². The van der Waals surface area contributed by atoms with Crippen LogP contribution in [0, 0.1) is 12.8 Å². The van der Waals surface area contributed by atoms with Crippen molar-refractivity contribution in [3.05, 3.63) is 33.3 Å². The lowest BCUT2D eigenvalue weighted by Gasteiger charge is -2.44. The molecule has 2 N–H and O–H groups in total. The lowest BCUT2D eigenvalue weighted by atomic mass is 9.86. The molecular weight excluding hydrogens is 472 g/mol. The van der Waals surface area contributed by atoms with Gasteiger partial charge in [0.15, 0.2) is 5.56 Å². The van der Waals surface area contributed by atoms with E-state index in [0.29, 0.717) is 23.4 Å². The maximum Gasteiger partial charge on any atom is 0.270 e. The summed E-state index contributed by atoms with van der Waals surface area (Å²) in [4.78, 5) is 44.1. The Labute approximate surface area is 216 Å². The van der Waals surface area contributed by atoms with Crippen LogP contribution < -0.4 is 10.9 Å². The number of carbonyl (C=O) groups excluding carboxylic acids is 2. The van der Waals surface area contributed by atoms with Crippen molar-refractivity contribution in [2.45, 2.75) is 77.4 Å². The van der Waals surface area contributed by atoms with Crippen molar-refractivity contribution in [1.82, 2.24) is 29.3 Å². The summed E-state index contributed by atoms with van der Waals surface area (Å²) in [6.45, 7) is 8.76. The maximum atomic E-state index is 13.5. The normalized spacial score (nSPS) is 22.7. The van der Waals surface area contributed by atoms with Crippen LogP contribution in [0.5, 0.6) is 5.88 Å². The van der Waals surface area contributed by atoms with Crippen molar-refractivity contribution in [3.8, 4) is 5.88 Å². The highest BCUT2D eigenvalue weighted by Crippen LogP contribution is 2.37. The lowest BCUT2D eigenvalue weighted by molar-refractivity contribution is -0.131. The molecule has 1 spiro atoms. The Bertz CT molecular complexity index is 1320. The molecular formula is C27H38N6O4. The van der Waals surface area contributed by atoms with E-state index in [-0.39, 0.29) is 29.0 Å². The highest BCUT2D eigenvalue weighted by Gasteiger charge is 2.44. The van der Waals surface area contributed by atoms with Gasteiger partial charge < -0.3 is 20.2 Å². The fraction of sp³-hybridized carbons (Fsp3) is 0.630. The van der Waals surface area contributed by atoms with E-state index in [4.69, 9.17) is 0 Å². The van der Waals surface area contributed by atoms with Gasteiger partial charge in [0, 0.05) is 37.3 Å². The molecule has 2 saturated heterocycles. The van der Waals surface area contributed by atoms with E-state index in [9.17, 15) is 19.5 Å². The van der Waals surface area contributed by atoms with Crippen molar-refractivity contribution < 1.29 is 14.7 Å². The largest absolute Gasteiger partial charge is 0.492 e. The Morgan fingerprint density at radius 3 is 2.57 bits per heavy atom. The lowest BCUT2D eigenvalue weighted by Crippen LogP contribution is -2.56. The second kappa shape index (κ2) is 9.63. The maximum absolute atomic E-state index is 13.5. The first kappa shape index (κ1) is 25.5. The summed E-state index contributed by atoms with van der Waals surface area (Å²) in [5, 5.41) is 18.3. The molecule has 2 aromatic heterocycles. The van der Waals surface area contributed by atoms with E-state index < -0.39 is 17.3 Å². The number of nitrogens with one attached hydrogen (secondary N) is 1. The molecule has 10 heteroatoms. The van der Waals surface area contributed by atoms with E-state index in [2.05, 4.69) is 22.4 Å². The van der Waals surface area contributed by atoms with Gasteiger partial charge in [-0.05, 0) is 71.0 Å². The number of hydrogen-bond donors (Lipinski definition) is 2. The SMILES string of the molecule is Cc1nn2c(O)c(C(=O)NC3CC3)c(=O)n(CC(C)C)c2c1C=CC(=O)N1CCCC12CCCN(C)C2. The third kappa shape index (κ3) is 4.67. The smallest absolute Gasteiger partial charge is 0.270 e. The van der Waals surface area contributed by atoms with Gasteiger partial charge in [-0.2, -0.15) is 9.61 Å². The van der Waals surface area contributed by atoms with E-state index in [0.717, 1.165) is 58.2 Å². The Kier molecular flexibility index (Phi) is 6.64. The Hall–Kier alpha value is -3.14. The van der Waals surface area contributed by atoms with Crippen LogP contribution in [0.4, 0.5) is 0 Å². The summed E-state index contributed by atoms with van der Waals surface area (Å²) in [6.07, 6.45) is 9.12. The van der Waals surface area contributed by atoms with E-state index in [1.807, 2.05) is 18.7 Å². The van der Waals surface area contributed by atoms with Gasteiger partial charge in [0.1, 0.15) is 5.65 Å². The number of aromatic hydroxyl groups is 1. The van der Waals surface area contributed by atoms with Gasteiger partial charge in [0.05, 0.1) is 11.2 Å². The van der Waals surface area contributed by atoms with Crippen molar-refractivity contribution in [2.75, 3.05) is 26.7 Å². The first-order valence-corrected chi connectivity index (χ1v) is 13.5. The molecule has 1 saturated carbocycles. The Morgan fingerprint density at radius 1 is 1.22 bits per heavy atom. The molecule has 0 bridgehead atoms. The second-order valence-electron chi connectivity index (χ2n) is 11.5. The summed E-state index contributed by atoms with van der Waals surface area (Å²) in [7, 11) is 2.11. The van der Waals surface area contributed by atoms with Crippen LogP contribution in [0.25, 0.3) is 11.7 Å². The van der Waals surface area contributed by atoms with Crippen molar-refractivity contribution in [1.29, 1.82) is 0 Å². The van der Waals surface area contributed by atoms with Gasteiger partial charge in [-0.3, -0.25) is 19.0 Å². The van der Waals surface area contributed by atoms with Crippen LogP contribution >= 0.6 is 0 Å². The molecule has 10 nitrogen and oxygen atoms in total. The van der Waals surface area contributed by atoms with Gasteiger partial charge in [0.25, 0.3) is 11.5 Å². The number of piperidine rings is 1. The molecule has 2 aromatic rings.